The second-order valence-electron chi connectivity index (χ2n) is 13.8. The lowest BCUT2D eigenvalue weighted by molar-refractivity contribution is 0.660. The van der Waals surface area contributed by atoms with Gasteiger partial charge in [-0.2, -0.15) is 0 Å². The Morgan fingerprint density at radius 1 is 0.480 bits per heavy atom. The summed E-state index contributed by atoms with van der Waals surface area (Å²) < 4.78 is 3.74. The molecule has 2 heterocycles. The van der Waals surface area contributed by atoms with Crippen LogP contribution in [0.3, 0.4) is 0 Å². The van der Waals surface area contributed by atoms with E-state index in [1.807, 2.05) is 11.3 Å². The van der Waals surface area contributed by atoms with Crippen LogP contribution in [0, 0.1) is 0 Å². The Morgan fingerprint density at radius 3 is 1.84 bits per heavy atom. The highest BCUT2D eigenvalue weighted by atomic mass is 32.1. The van der Waals surface area contributed by atoms with Gasteiger partial charge in [0.25, 0.3) is 0 Å². The lowest BCUT2D eigenvalue weighted by atomic mass is 9.82. The van der Waals surface area contributed by atoms with Crippen LogP contribution in [0.4, 0.5) is 17.1 Å². The molecule has 2 aromatic heterocycles. The van der Waals surface area contributed by atoms with Gasteiger partial charge in [-0.15, -0.1) is 11.3 Å². The zero-order chi connectivity index (χ0) is 33.4. The van der Waals surface area contributed by atoms with E-state index in [9.17, 15) is 0 Å². The van der Waals surface area contributed by atoms with Crippen molar-refractivity contribution >= 4 is 54.3 Å². The summed E-state index contributed by atoms with van der Waals surface area (Å²) in [4.78, 5) is 3.69. The van der Waals surface area contributed by atoms with E-state index in [4.69, 9.17) is 0 Å². The monoisotopic (exact) mass is 658 g/mol. The van der Waals surface area contributed by atoms with E-state index in [0.29, 0.717) is 0 Å². The average molecular weight is 659 g/mol. The van der Waals surface area contributed by atoms with Gasteiger partial charge >= 0.3 is 0 Å². The molecule has 0 aliphatic heterocycles. The fraction of sp³-hybridized carbons (Fsp3) is 0.0638. The molecule has 1 aliphatic carbocycles. The van der Waals surface area contributed by atoms with Gasteiger partial charge in [0.05, 0.1) is 15.7 Å². The Kier molecular flexibility index (Phi) is 6.43. The maximum atomic E-state index is 2.43. The topological polar surface area (TPSA) is 7.65 Å². The van der Waals surface area contributed by atoms with E-state index in [-0.39, 0.29) is 5.41 Å². The van der Waals surface area contributed by atoms with Crippen LogP contribution in [0.1, 0.15) is 25.0 Å². The van der Waals surface area contributed by atoms with Crippen molar-refractivity contribution in [1.82, 2.24) is 4.40 Å². The molecule has 238 valence electrons. The van der Waals surface area contributed by atoms with Crippen molar-refractivity contribution in [2.24, 2.45) is 0 Å². The summed E-state index contributed by atoms with van der Waals surface area (Å²) in [6.45, 7) is 4.71. The maximum Gasteiger partial charge on any atom is 0.109 e. The standard InChI is InChI=1S/C47H34N2S/c1-47(2)40-16-8-6-14-37(40)38-29-28-36(30-41(38)47)48(34-24-20-32(21-25-34)31-12-4-3-5-13-31)35-26-22-33(23-27-35)45-39-15-7-9-17-42(39)49-43-18-10-11-19-44(43)50-46(45)49/h3-30H,1-2H3. The zero-order valence-corrected chi connectivity index (χ0v) is 28.8. The smallest absolute Gasteiger partial charge is 0.109 e. The number of anilines is 3. The molecule has 0 saturated heterocycles. The fourth-order valence-electron chi connectivity index (χ4n) is 8.15. The lowest BCUT2D eigenvalue weighted by Gasteiger charge is -2.28. The number of thiazole rings is 1. The van der Waals surface area contributed by atoms with Gasteiger partial charge in [0, 0.05) is 33.4 Å². The number of hydrogen-bond acceptors (Lipinski definition) is 2. The Morgan fingerprint density at radius 2 is 1.06 bits per heavy atom. The molecule has 0 saturated carbocycles. The molecule has 0 spiro atoms. The number of rotatable bonds is 5. The van der Waals surface area contributed by atoms with E-state index in [2.05, 4.69) is 193 Å². The first-order valence-corrected chi connectivity index (χ1v) is 18.1. The fourth-order valence-corrected chi connectivity index (χ4v) is 9.39. The first kappa shape index (κ1) is 29.1. The first-order valence-electron chi connectivity index (χ1n) is 17.3. The van der Waals surface area contributed by atoms with Crippen LogP contribution in [0.2, 0.25) is 0 Å². The molecule has 1 aliphatic rings. The average Bonchev–Trinajstić information content (AvgIpc) is 3.78. The van der Waals surface area contributed by atoms with Crippen molar-refractivity contribution < 1.29 is 0 Å². The molecule has 0 N–H and O–H groups in total. The van der Waals surface area contributed by atoms with Crippen molar-refractivity contribution in [2.45, 2.75) is 19.3 Å². The molecule has 0 radical (unpaired) electrons. The van der Waals surface area contributed by atoms with Gasteiger partial charge in [-0.1, -0.05) is 129 Å². The molecule has 2 nitrogen and oxygen atoms in total. The summed E-state index contributed by atoms with van der Waals surface area (Å²) in [5, 5.41) is 1.28. The highest BCUT2D eigenvalue weighted by Gasteiger charge is 2.35. The molecule has 0 bridgehead atoms. The largest absolute Gasteiger partial charge is 0.310 e. The molecule has 50 heavy (non-hydrogen) atoms. The van der Waals surface area contributed by atoms with Crippen LogP contribution in [0.25, 0.3) is 59.3 Å². The minimum Gasteiger partial charge on any atom is -0.310 e. The molecule has 10 rings (SSSR count). The van der Waals surface area contributed by atoms with Crippen LogP contribution in [-0.4, -0.2) is 4.40 Å². The van der Waals surface area contributed by atoms with E-state index in [1.54, 1.807) is 0 Å². The summed E-state index contributed by atoms with van der Waals surface area (Å²) in [6, 6.07) is 62.2. The van der Waals surface area contributed by atoms with Crippen LogP contribution in [0.5, 0.6) is 0 Å². The maximum absolute atomic E-state index is 2.43. The number of fused-ring (bicyclic) bond motifs is 8. The molecule has 9 aromatic rings. The predicted molar refractivity (Wildman–Crippen MR) is 213 cm³/mol. The second-order valence-corrected chi connectivity index (χ2v) is 14.8. The number of para-hydroxylation sites is 2. The quantitative estimate of drug-likeness (QED) is 0.179. The third kappa shape index (κ3) is 4.33. The van der Waals surface area contributed by atoms with Crippen molar-refractivity contribution in [1.29, 1.82) is 0 Å². The third-order valence-electron chi connectivity index (χ3n) is 10.6. The summed E-state index contributed by atoms with van der Waals surface area (Å²) in [6.07, 6.45) is 0. The number of nitrogens with zero attached hydrogens (tertiary/aromatic N) is 2. The van der Waals surface area contributed by atoms with Gasteiger partial charge in [0.1, 0.15) is 4.83 Å². The summed E-state index contributed by atoms with van der Waals surface area (Å²) >= 11 is 1.87. The summed E-state index contributed by atoms with van der Waals surface area (Å²) in [7, 11) is 0. The van der Waals surface area contributed by atoms with Crippen molar-refractivity contribution in [3.8, 4) is 33.4 Å². The van der Waals surface area contributed by atoms with Gasteiger partial charge in [-0.05, 0) is 93.5 Å². The van der Waals surface area contributed by atoms with Gasteiger partial charge in [-0.3, -0.25) is 4.40 Å². The minimum absolute atomic E-state index is 0.0826. The molecular formula is C47H34N2S. The molecule has 3 heteroatoms. The van der Waals surface area contributed by atoms with Crippen LogP contribution in [-0.2, 0) is 5.41 Å². The molecule has 0 unspecified atom stereocenters. The van der Waals surface area contributed by atoms with Gasteiger partial charge in [-0.25, -0.2) is 0 Å². The molecule has 7 aromatic carbocycles. The zero-order valence-electron chi connectivity index (χ0n) is 28.0. The van der Waals surface area contributed by atoms with E-state index in [1.165, 1.54) is 70.5 Å². The van der Waals surface area contributed by atoms with Crippen molar-refractivity contribution in [3.63, 3.8) is 0 Å². The minimum atomic E-state index is -0.0826. The van der Waals surface area contributed by atoms with E-state index < -0.39 is 0 Å². The Bertz CT molecular complexity index is 2710. The van der Waals surface area contributed by atoms with Crippen molar-refractivity contribution in [2.75, 3.05) is 4.90 Å². The molecule has 0 amide bonds. The Labute approximate surface area is 296 Å². The number of benzene rings is 7. The number of hydrogen-bond donors (Lipinski definition) is 0. The highest BCUT2D eigenvalue weighted by molar-refractivity contribution is 7.24. The van der Waals surface area contributed by atoms with Crippen LogP contribution in [0.15, 0.2) is 170 Å². The van der Waals surface area contributed by atoms with Crippen LogP contribution >= 0.6 is 11.3 Å². The SMILES string of the molecule is CC1(C)c2ccccc2-c2ccc(N(c3ccc(-c4ccccc4)cc3)c3ccc(-c4c5ccccc5n5c4sc4ccccc45)cc3)cc21. The third-order valence-corrected chi connectivity index (χ3v) is 11.8. The molecular weight excluding hydrogens is 625 g/mol. The van der Waals surface area contributed by atoms with Gasteiger partial charge in [0.15, 0.2) is 0 Å². The lowest BCUT2D eigenvalue weighted by Crippen LogP contribution is -2.16. The highest BCUT2D eigenvalue weighted by Crippen LogP contribution is 2.51. The second kappa shape index (κ2) is 11.1. The van der Waals surface area contributed by atoms with E-state index in [0.717, 1.165) is 17.1 Å². The van der Waals surface area contributed by atoms with Crippen molar-refractivity contribution in [3.05, 3.63) is 181 Å². The first-order chi connectivity index (χ1) is 24.6. The van der Waals surface area contributed by atoms with Crippen LogP contribution < -0.4 is 4.90 Å². The number of aromatic nitrogens is 1. The summed E-state index contributed by atoms with van der Waals surface area (Å²) in [5.41, 5.74) is 16.2. The Balaban J connectivity index is 1.12. The predicted octanol–water partition coefficient (Wildman–Crippen LogP) is 13.4. The normalized spacial score (nSPS) is 13.2. The van der Waals surface area contributed by atoms with E-state index >= 15 is 0 Å². The Hall–Kier alpha value is -5.90. The molecule has 0 atom stereocenters. The summed E-state index contributed by atoms with van der Waals surface area (Å²) in [5.74, 6) is 0. The molecule has 0 fully saturated rings. The van der Waals surface area contributed by atoms with Gasteiger partial charge < -0.3 is 4.90 Å². The van der Waals surface area contributed by atoms with Gasteiger partial charge in [0.2, 0.25) is 0 Å².